The van der Waals surface area contributed by atoms with E-state index < -0.39 is 14.4 Å². The van der Waals surface area contributed by atoms with Crippen LogP contribution in [-0.2, 0) is 30.9 Å². The molecule has 56 heavy (non-hydrogen) atoms. The van der Waals surface area contributed by atoms with E-state index in [1.807, 2.05) is 103 Å². The zero-order chi connectivity index (χ0) is 39.0. The third-order valence-corrected chi connectivity index (χ3v) is 14.6. The first kappa shape index (κ1) is 38.4. The number of hydrogen-bond donors (Lipinski definition) is 0. The van der Waals surface area contributed by atoms with Gasteiger partial charge in [0.2, 0.25) is 8.32 Å². The third kappa shape index (κ3) is 9.65. The van der Waals surface area contributed by atoms with Gasteiger partial charge in [-0.05, 0) is 58.6 Å². The van der Waals surface area contributed by atoms with Crippen molar-refractivity contribution in [3.05, 3.63) is 191 Å². The van der Waals surface area contributed by atoms with Crippen molar-refractivity contribution in [2.24, 2.45) is 0 Å². The van der Waals surface area contributed by atoms with E-state index in [9.17, 15) is 0 Å². The summed E-state index contributed by atoms with van der Waals surface area (Å²) in [5.74, 6) is 3.93. The van der Waals surface area contributed by atoms with Crippen molar-refractivity contribution in [1.29, 1.82) is 0 Å². The molecule has 286 valence electrons. The molecule has 6 nitrogen and oxygen atoms in total. The number of ether oxygens (including phenoxy) is 5. The summed E-state index contributed by atoms with van der Waals surface area (Å²) in [6.07, 6.45) is 1.51. The molecule has 1 aliphatic rings. The smallest absolute Gasteiger partial charge is 0.250 e. The Balaban J connectivity index is 1.28. The molecule has 0 saturated heterocycles. The van der Waals surface area contributed by atoms with Crippen molar-refractivity contribution in [1.82, 2.24) is 0 Å². The second-order valence-electron chi connectivity index (χ2n) is 15.5. The van der Waals surface area contributed by atoms with E-state index in [4.69, 9.17) is 28.1 Å². The Bertz CT molecular complexity index is 2210. The van der Waals surface area contributed by atoms with Crippen molar-refractivity contribution in [3.63, 3.8) is 0 Å². The molecule has 7 rings (SSSR count). The van der Waals surface area contributed by atoms with E-state index in [0.717, 1.165) is 39.1 Å². The first-order chi connectivity index (χ1) is 27.1. The highest BCUT2D eigenvalue weighted by Crippen LogP contribution is 2.48. The van der Waals surface area contributed by atoms with Crippen LogP contribution in [0.4, 0.5) is 0 Å². The topological polar surface area (TPSA) is 55.4 Å². The maximum Gasteiger partial charge on any atom is 0.250 e. The van der Waals surface area contributed by atoms with E-state index >= 15 is 0 Å². The van der Waals surface area contributed by atoms with Gasteiger partial charge in [0.1, 0.15) is 49.4 Å². The van der Waals surface area contributed by atoms with Gasteiger partial charge in [-0.2, -0.15) is 0 Å². The number of hydrogen-bond acceptors (Lipinski definition) is 6. The zero-order valence-corrected chi connectivity index (χ0v) is 33.9. The van der Waals surface area contributed by atoms with Crippen LogP contribution in [0.1, 0.15) is 60.3 Å². The van der Waals surface area contributed by atoms with Gasteiger partial charge >= 0.3 is 0 Å². The molecule has 0 N–H and O–H groups in total. The fourth-order valence-electron chi connectivity index (χ4n) is 6.05. The largest absolute Gasteiger partial charge is 0.544 e. The fraction of sp³-hybridized carbons (Fsp3) is 0.224. The lowest BCUT2D eigenvalue weighted by Gasteiger charge is -2.40. The average molecular weight is 763 g/mol. The molecule has 0 spiro atoms. The summed E-state index contributed by atoms with van der Waals surface area (Å²) >= 11 is 0. The highest BCUT2D eigenvalue weighted by atomic mass is 28.4. The molecule has 1 atom stereocenters. The molecule has 7 heteroatoms. The first-order valence-electron chi connectivity index (χ1n) is 19.2. The van der Waals surface area contributed by atoms with E-state index in [0.29, 0.717) is 55.2 Å². The van der Waals surface area contributed by atoms with Gasteiger partial charge in [0, 0.05) is 17.7 Å². The van der Waals surface area contributed by atoms with Gasteiger partial charge in [0.25, 0.3) is 0 Å². The Morgan fingerprint density at radius 3 is 1.48 bits per heavy atom. The molecule has 0 fully saturated rings. The number of benzene rings is 6. The van der Waals surface area contributed by atoms with E-state index in [2.05, 4.69) is 88.5 Å². The van der Waals surface area contributed by atoms with Gasteiger partial charge in [0.15, 0.2) is 17.6 Å². The third-order valence-electron chi connectivity index (χ3n) is 10.3. The minimum atomic E-state index is -2.34. The number of rotatable bonds is 15. The molecule has 0 radical (unpaired) electrons. The minimum Gasteiger partial charge on any atom is -0.544 e. The monoisotopic (exact) mass is 762 g/mol. The normalized spacial score (nSPS) is 13.8. The summed E-state index contributed by atoms with van der Waals surface area (Å²) in [6, 6.07) is 50.5. The van der Waals surface area contributed by atoms with E-state index in [1.165, 1.54) is 0 Å². The first-order valence-corrected chi connectivity index (χ1v) is 22.1. The van der Waals surface area contributed by atoms with Crippen molar-refractivity contribution in [2.45, 2.75) is 71.4 Å². The second kappa shape index (κ2) is 17.3. The maximum absolute atomic E-state index is 7.14. The summed E-state index contributed by atoms with van der Waals surface area (Å²) in [6.45, 7) is 12.8. The average Bonchev–Trinajstić information content (AvgIpc) is 3.21. The van der Waals surface area contributed by atoms with Crippen molar-refractivity contribution in [2.75, 3.05) is 0 Å². The molecule has 0 aliphatic carbocycles. The maximum atomic E-state index is 7.14. The van der Waals surface area contributed by atoms with Crippen LogP contribution >= 0.6 is 0 Å². The minimum absolute atomic E-state index is 0.0560. The summed E-state index contributed by atoms with van der Waals surface area (Å²) in [4.78, 5) is 0. The van der Waals surface area contributed by atoms with E-state index in [1.54, 1.807) is 0 Å². The molecule has 0 bridgehead atoms. The zero-order valence-electron chi connectivity index (χ0n) is 32.9. The Morgan fingerprint density at radius 2 is 0.982 bits per heavy atom. The Kier molecular flexibility index (Phi) is 11.8. The molecular weight excluding hydrogens is 713 g/mol. The highest BCUT2D eigenvalue weighted by Gasteiger charge is 2.42. The Morgan fingerprint density at radius 1 is 0.518 bits per heavy atom. The molecule has 1 heterocycles. The Hall–Kier alpha value is -5.92. The molecule has 1 unspecified atom stereocenters. The summed E-state index contributed by atoms with van der Waals surface area (Å²) in [5, 5.41) is -0.0560. The van der Waals surface area contributed by atoms with E-state index in [-0.39, 0.29) is 5.04 Å². The lowest BCUT2D eigenvalue weighted by molar-refractivity contribution is 0.173. The van der Waals surface area contributed by atoms with Crippen LogP contribution < -0.4 is 23.7 Å². The van der Waals surface area contributed by atoms with Gasteiger partial charge in [-0.15, -0.1) is 0 Å². The highest BCUT2D eigenvalue weighted by molar-refractivity contribution is 6.74. The summed E-state index contributed by atoms with van der Waals surface area (Å²) < 4.78 is 40.0. The van der Waals surface area contributed by atoms with Crippen LogP contribution in [0, 0.1) is 0 Å². The second-order valence-corrected chi connectivity index (χ2v) is 20.3. The fourth-order valence-corrected chi connectivity index (χ4v) is 7.11. The van der Waals surface area contributed by atoms with Gasteiger partial charge in [-0.25, -0.2) is 0 Å². The molecular formula is C49H50O6Si. The van der Waals surface area contributed by atoms with Crippen LogP contribution in [0.2, 0.25) is 18.1 Å². The van der Waals surface area contributed by atoms with Crippen molar-refractivity contribution in [3.8, 4) is 28.7 Å². The van der Waals surface area contributed by atoms with Crippen molar-refractivity contribution < 1.29 is 28.1 Å². The lowest BCUT2D eigenvalue weighted by atomic mass is 10.0. The molecule has 0 saturated carbocycles. The molecule has 6 aromatic carbocycles. The van der Waals surface area contributed by atoms with Crippen LogP contribution in [0.25, 0.3) is 6.08 Å². The van der Waals surface area contributed by atoms with Crippen LogP contribution in [-0.4, -0.2) is 8.32 Å². The molecule has 1 aliphatic heterocycles. The van der Waals surface area contributed by atoms with Gasteiger partial charge in [-0.3, -0.25) is 0 Å². The molecule has 6 aromatic rings. The summed E-state index contributed by atoms with van der Waals surface area (Å²) in [7, 11) is -2.34. The van der Waals surface area contributed by atoms with Gasteiger partial charge < -0.3 is 28.1 Å². The lowest BCUT2D eigenvalue weighted by Crippen LogP contribution is -2.41. The SMILES string of the molecule is CC(C)(C)[Si](C)(C)OC1=Cc2c(OCc3ccccc3)cc(OCc3ccccc3)cc2OC1c1ccc(OCc2ccccc2)c(OCc2ccccc2)c1. The standard InChI is InChI=1S/C49H50O6Si/c1-49(2,3)56(4,5)55-47-31-42-44(52-34-38-22-14-8-15-23-38)29-41(50-32-36-18-10-6-11-19-36)30-45(42)54-48(47)40-26-27-43(51-33-37-20-12-7-13-21-37)46(28-40)53-35-39-24-16-9-17-25-39/h6-31,48H,32-35H2,1-5H3. The predicted octanol–water partition coefficient (Wildman–Crippen LogP) is 12.5. The Labute approximate surface area is 332 Å². The summed E-state index contributed by atoms with van der Waals surface area (Å²) in [5.41, 5.74) is 5.94. The van der Waals surface area contributed by atoms with Crippen LogP contribution in [0.5, 0.6) is 28.7 Å². The molecule has 0 aromatic heterocycles. The van der Waals surface area contributed by atoms with Gasteiger partial charge in [-0.1, -0.05) is 148 Å². The number of fused-ring (bicyclic) bond motifs is 1. The molecule has 0 amide bonds. The van der Waals surface area contributed by atoms with Crippen molar-refractivity contribution >= 4 is 14.4 Å². The van der Waals surface area contributed by atoms with Crippen LogP contribution in [0.3, 0.4) is 0 Å². The predicted molar refractivity (Wildman–Crippen MR) is 226 cm³/mol. The quantitative estimate of drug-likeness (QED) is 0.0971. The van der Waals surface area contributed by atoms with Gasteiger partial charge in [0.05, 0.1) is 5.56 Å². The van der Waals surface area contributed by atoms with Crippen LogP contribution in [0.15, 0.2) is 157 Å².